The lowest BCUT2D eigenvalue weighted by molar-refractivity contribution is 0.173. The molecule has 2 nitrogen and oxygen atoms in total. The maximum atomic E-state index is 10.5. The van der Waals surface area contributed by atoms with Crippen LogP contribution in [0.1, 0.15) is 45.6 Å². The quantitative estimate of drug-likeness (QED) is 0.743. The highest BCUT2D eigenvalue weighted by molar-refractivity contribution is 5.51. The van der Waals surface area contributed by atoms with Gasteiger partial charge in [-0.2, -0.15) is 0 Å². The topological polar surface area (TPSA) is 40.5 Å². The molecule has 2 aromatic rings. The van der Waals surface area contributed by atoms with Crippen molar-refractivity contribution in [1.82, 2.24) is 0 Å². The van der Waals surface area contributed by atoms with E-state index in [-0.39, 0.29) is 0 Å². The van der Waals surface area contributed by atoms with Crippen LogP contribution in [0.4, 0.5) is 0 Å². The van der Waals surface area contributed by atoms with Gasteiger partial charge in [0.25, 0.3) is 0 Å². The van der Waals surface area contributed by atoms with Crippen molar-refractivity contribution in [1.29, 1.82) is 0 Å². The second-order valence-electron chi connectivity index (χ2n) is 5.07. The minimum Gasteiger partial charge on any atom is -0.384 e. The summed E-state index contributed by atoms with van der Waals surface area (Å²) in [7, 11) is 0. The van der Waals surface area contributed by atoms with Crippen LogP contribution in [0.2, 0.25) is 0 Å². The van der Waals surface area contributed by atoms with E-state index < -0.39 is 12.2 Å². The molecule has 0 bridgehead atoms. The fourth-order valence-corrected chi connectivity index (χ4v) is 2.70. The number of aryl methyl sites for hydroxylation is 2. The van der Waals surface area contributed by atoms with Gasteiger partial charge in [0, 0.05) is 0 Å². The van der Waals surface area contributed by atoms with Gasteiger partial charge < -0.3 is 10.2 Å². The van der Waals surface area contributed by atoms with Crippen LogP contribution in [-0.4, -0.2) is 10.2 Å². The third kappa shape index (κ3) is 1.57. The number of rotatable bonds is 0. The Morgan fingerprint density at radius 2 is 1.06 bits per heavy atom. The van der Waals surface area contributed by atoms with Crippen LogP contribution in [0.3, 0.4) is 0 Å². The summed E-state index contributed by atoms with van der Waals surface area (Å²) in [4.78, 5) is 0. The van der Waals surface area contributed by atoms with Crippen molar-refractivity contribution in [2.75, 3.05) is 0 Å². The Balaban J connectivity index is 2.25. The maximum absolute atomic E-state index is 10.5. The summed E-state index contributed by atoms with van der Waals surface area (Å²) in [5, 5.41) is 20.9. The van der Waals surface area contributed by atoms with Gasteiger partial charge in [0.1, 0.15) is 12.2 Å². The predicted molar refractivity (Wildman–Crippen MR) is 70.5 cm³/mol. The first kappa shape index (κ1) is 11.5. The zero-order valence-corrected chi connectivity index (χ0v) is 10.5. The highest BCUT2D eigenvalue weighted by atomic mass is 16.3. The second-order valence-corrected chi connectivity index (χ2v) is 5.07. The molecule has 3 rings (SSSR count). The Kier molecular flexibility index (Phi) is 2.51. The van der Waals surface area contributed by atoms with E-state index in [1.165, 1.54) is 0 Å². The number of fused-ring (bicyclic) bond motifs is 2. The molecule has 0 aliphatic heterocycles. The minimum atomic E-state index is -0.641. The molecule has 1 aliphatic rings. The molecule has 0 spiro atoms. The molecule has 0 saturated heterocycles. The Morgan fingerprint density at radius 3 is 1.50 bits per heavy atom. The molecular formula is C16H16O2. The molecule has 0 saturated carbocycles. The summed E-state index contributed by atoms with van der Waals surface area (Å²) >= 11 is 0. The van der Waals surface area contributed by atoms with E-state index in [2.05, 4.69) is 0 Å². The molecule has 0 aromatic heterocycles. The molecule has 0 atom stereocenters. The Morgan fingerprint density at radius 1 is 0.667 bits per heavy atom. The van der Waals surface area contributed by atoms with Crippen LogP contribution < -0.4 is 0 Å². The van der Waals surface area contributed by atoms with Gasteiger partial charge in [0.2, 0.25) is 0 Å². The standard InChI is InChI=1S/C16H16O2/c1-9-3-5-11-13(7-9)16(18)14-8-10(2)4-6-12(14)15(11)17/h3-8,15-18H,1-2H3. The van der Waals surface area contributed by atoms with E-state index in [9.17, 15) is 10.2 Å². The average molecular weight is 240 g/mol. The van der Waals surface area contributed by atoms with Gasteiger partial charge in [0.05, 0.1) is 0 Å². The normalized spacial score (nSPS) is 21.3. The molecule has 0 heterocycles. The summed E-state index contributed by atoms with van der Waals surface area (Å²) in [6.45, 7) is 3.98. The van der Waals surface area contributed by atoms with Gasteiger partial charge in [-0.1, -0.05) is 47.5 Å². The van der Waals surface area contributed by atoms with Gasteiger partial charge >= 0.3 is 0 Å². The highest BCUT2D eigenvalue weighted by Crippen LogP contribution is 2.41. The fraction of sp³-hybridized carbons (Fsp3) is 0.250. The molecule has 0 unspecified atom stereocenters. The van der Waals surface area contributed by atoms with E-state index in [4.69, 9.17) is 0 Å². The average Bonchev–Trinajstić information content (AvgIpc) is 2.35. The molecular weight excluding hydrogens is 224 g/mol. The van der Waals surface area contributed by atoms with Gasteiger partial charge in [-0.25, -0.2) is 0 Å². The van der Waals surface area contributed by atoms with E-state index in [0.717, 1.165) is 33.4 Å². The minimum absolute atomic E-state index is 0.639. The highest BCUT2D eigenvalue weighted by Gasteiger charge is 2.29. The summed E-state index contributed by atoms with van der Waals surface area (Å²) in [6, 6.07) is 11.6. The molecule has 18 heavy (non-hydrogen) atoms. The summed E-state index contributed by atoms with van der Waals surface area (Å²) in [5.74, 6) is 0. The van der Waals surface area contributed by atoms with Gasteiger partial charge in [0.15, 0.2) is 0 Å². The lowest BCUT2D eigenvalue weighted by Gasteiger charge is -2.29. The third-order valence-electron chi connectivity index (χ3n) is 3.66. The Bertz CT molecular complexity index is 563. The van der Waals surface area contributed by atoms with E-state index in [0.29, 0.717) is 0 Å². The van der Waals surface area contributed by atoms with Gasteiger partial charge in [-0.05, 0) is 36.1 Å². The smallest absolute Gasteiger partial charge is 0.105 e. The molecule has 2 N–H and O–H groups in total. The van der Waals surface area contributed by atoms with Crippen LogP contribution >= 0.6 is 0 Å². The first-order valence-corrected chi connectivity index (χ1v) is 6.15. The summed E-state index contributed by atoms with van der Waals surface area (Å²) in [6.07, 6.45) is -1.28. The zero-order chi connectivity index (χ0) is 12.9. The van der Waals surface area contributed by atoms with Crippen molar-refractivity contribution in [3.8, 4) is 0 Å². The molecule has 2 heteroatoms. The summed E-state index contributed by atoms with van der Waals surface area (Å²) in [5.41, 5.74) is 5.45. The van der Waals surface area contributed by atoms with Crippen molar-refractivity contribution in [2.24, 2.45) is 0 Å². The largest absolute Gasteiger partial charge is 0.384 e. The van der Waals surface area contributed by atoms with Crippen molar-refractivity contribution < 1.29 is 10.2 Å². The fourth-order valence-electron chi connectivity index (χ4n) is 2.70. The number of hydrogen-bond acceptors (Lipinski definition) is 2. The SMILES string of the molecule is Cc1ccc2c(c1)C(O)c1cc(C)ccc1C2O. The lowest BCUT2D eigenvalue weighted by Crippen LogP contribution is -2.18. The van der Waals surface area contributed by atoms with Crippen LogP contribution in [0.5, 0.6) is 0 Å². The first-order valence-electron chi connectivity index (χ1n) is 6.15. The summed E-state index contributed by atoms with van der Waals surface area (Å²) < 4.78 is 0. The maximum Gasteiger partial charge on any atom is 0.105 e. The number of aliphatic hydroxyl groups excluding tert-OH is 2. The molecule has 1 aliphatic carbocycles. The van der Waals surface area contributed by atoms with Crippen LogP contribution in [0.15, 0.2) is 36.4 Å². The molecule has 0 radical (unpaired) electrons. The van der Waals surface area contributed by atoms with Gasteiger partial charge in [-0.15, -0.1) is 0 Å². The predicted octanol–water partition coefficient (Wildman–Crippen LogP) is 2.78. The zero-order valence-electron chi connectivity index (χ0n) is 10.5. The Labute approximate surface area is 107 Å². The van der Waals surface area contributed by atoms with E-state index in [1.54, 1.807) is 0 Å². The number of benzene rings is 2. The van der Waals surface area contributed by atoms with Crippen molar-refractivity contribution in [3.63, 3.8) is 0 Å². The Hall–Kier alpha value is -1.64. The van der Waals surface area contributed by atoms with Crippen LogP contribution in [-0.2, 0) is 0 Å². The molecule has 0 amide bonds. The van der Waals surface area contributed by atoms with Crippen LogP contribution in [0, 0.1) is 13.8 Å². The molecule has 2 aromatic carbocycles. The number of aliphatic hydroxyl groups is 2. The van der Waals surface area contributed by atoms with Crippen molar-refractivity contribution >= 4 is 0 Å². The van der Waals surface area contributed by atoms with Crippen molar-refractivity contribution in [3.05, 3.63) is 69.8 Å². The van der Waals surface area contributed by atoms with Crippen molar-refractivity contribution in [2.45, 2.75) is 26.1 Å². The third-order valence-corrected chi connectivity index (χ3v) is 3.66. The number of hydrogen-bond donors (Lipinski definition) is 2. The first-order chi connectivity index (χ1) is 8.58. The molecule has 92 valence electrons. The van der Waals surface area contributed by atoms with E-state index >= 15 is 0 Å². The van der Waals surface area contributed by atoms with E-state index in [1.807, 2.05) is 50.2 Å². The lowest BCUT2D eigenvalue weighted by atomic mass is 9.81. The van der Waals surface area contributed by atoms with Gasteiger partial charge in [-0.3, -0.25) is 0 Å². The molecule has 0 fully saturated rings. The second kappa shape index (κ2) is 3.94. The monoisotopic (exact) mass is 240 g/mol. The van der Waals surface area contributed by atoms with Crippen LogP contribution in [0.25, 0.3) is 0 Å².